The Morgan fingerprint density at radius 2 is 1.79 bits per heavy atom. The van der Waals surface area contributed by atoms with E-state index in [9.17, 15) is 13.5 Å². The maximum Gasteiger partial charge on any atom is 0.233 e. The first-order valence-corrected chi connectivity index (χ1v) is 8.99. The molecule has 0 aliphatic carbocycles. The zero-order chi connectivity index (χ0) is 17.4. The van der Waals surface area contributed by atoms with Gasteiger partial charge in [0.15, 0.2) is 0 Å². The third-order valence-electron chi connectivity index (χ3n) is 3.39. The quantitative estimate of drug-likeness (QED) is 0.435. The van der Waals surface area contributed by atoms with Crippen LogP contribution in [0.5, 0.6) is 0 Å². The van der Waals surface area contributed by atoms with E-state index in [1.165, 1.54) is 0 Å². The molecular weight excluding hydrogens is 328 g/mol. The van der Waals surface area contributed by atoms with E-state index in [0.717, 1.165) is 5.56 Å². The largest absolute Gasteiger partial charge is 0.388 e. The van der Waals surface area contributed by atoms with E-state index < -0.39 is 16.1 Å². The van der Waals surface area contributed by atoms with Gasteiger partial charge in [0.1, 0.15) is 0 Å². The average molecular weight is 346 g/mol. The highest BCUT2D eigenvalue weighted by Gasteiger charge is 2.12. The van der Waals surface area contributed by atoms with Gasteiger partial charge in [-0.2, -0.15) is 0 Å². The van der Waals surface area contributed by atoms with Gasteiger partial charge in [-0.1, -0.05) is 47.6 Å². The van der Waals surface area contributed by atoms with Crippen molar-refractivity contribution in [2.45, 2.75) is 12.5 Å². The highest BCUT2D eigenvalue weighted by molar-refractivity contribution is 7.92. The number of anilines is 1. The molecule has 2 rings (SSSR count). The van der Waals surface area contributed by atoms with Gasteiger partial charge in [0.2, 0.25) is 10.0 Å². The number of aliphatic hydroxyl groups is 1. The molecule has 0 amide bonds. The van der Waals surface area contributed by atoms with Crippen molar-refractivity contribution in [2.75, 3.05) is 17.0 Å². The highest BCUT2D eigenvalue weighted by Crippen LogP contribution is 2.18. The summed E-state index contributed by atoms with van der Waals surface area (Å²) in [7, 11) is -3.46. The van der Waals surface area contributed by atoms with Crippen molar-refractivity contribution in [3.8, 4) is 0 Å². The van der Waals surface area contributed by atoms with E-state index in [1.807, 2.05) is 30.3 Å². The molecule has 0 aliphatic rings. The van der Waals surface area contributed by atoms with Crippen molar-refractivity contribution in [3.05, 3.63) is 76.2 Å². The molecule has 24 heavy (non-hydrogen) atoms. The van der Waals surface area contributed by atoms with Crippen molar-refractivity contribution < 1.29 is 13.5 Å². The SMILES string of the molecule is [N-]=[N+]=NC[C@H](O)c1ccc(NS(=O)(=O)CCc2ccccc2)cc1. The lowest BCUT2D eigenvalue weighted by Crippen LogP contribution is -2.18. The molecule has 0 radical (unpaired) electrons. The first-order valence-electron chi connectivity index (χ1n) is 7.33. The molecule has 0 saturated heterocycles. The molecule has 0 saturated carbocycles. The summed E-state index contributed by atoms with van der Waals surface area (Å²) in [6.45, 7) is -0.0708. The van der Waals surface area contributed by atoms with Crippen molar-refractivity contribution in [3.63, 3.8) is 0 Å². The van der Waals surface area contributed by atoms with Crippen LogP contribution in [0.15, 0.2) is 59.7 Å². The van der Waals surface area contributed by atoms with Crippen molar-refractivity contribution >= 4 is 15.7 Å². The molecule has 0 fully saturated rings. The fourth-order valence-electron chi connectivity index (χ4n) is 2.12. The first kappa shape index (κ1) is 17.8. The topological polar surface area (TPSA) is 115 Å². The zero-order valence-corrected chi connectivity index (χ0v) is 13.7. The third-order valence-corrected chi connectivity index (χ3v) is 4.68. The second kappa shape index (κ2) is 8.35. The standard InChI is InChI=1S/C16H18N4O3S/c17-20-18-12-16(21)14-6-8-15(9-7-14)19-24(22,23)11-10-13-4-2-1-3-5-13/h1-9,16,19,21H,10-12H2/t16-/m0/s1. The van der Waals surface area contributed by atoms with E-state index in [-0.39, 0.29) is 12.3 Å². The summed E-state index contributed by atoms with van der Waals surface area (Å²) < 4.78 is 26.7. The minimum atomic E-state index is -3.46. The van der Waals surface area contributed by atoms with Gasteiger partial charge in [-0.05, 0) is 35.2 Å². The summed E-state index contributed by atoms with van der Waals surface area (Å²) in [6.07, 6.45) is -0.483. The minimum absolute atomic E-state index is 0.0156. The van der Waals surface area contributed by atoms with Crippen LogP contribution >= 0.6 is 0 Å². The average Bonchev–Trinajstić information content (AvgIpc) is 2.59. The number of sulfonamides is 1. The Kier molecular flexibility index (Phi) is 6.20. The van der Waals surface area contributed by atoms with Crippen LogP contribution in [0.4, 0.5) is 5.69 Å². The normalized spacial score (nSPS) is 12.2. The molecule has 0 spiro atoms. The van der Waals surface area contributed by atoms with E-state index in [0.29, 0.717) is 17.7 Å². The Balaban J connectivity index is 1.95. The van der Waals surface area contributed by atoms with Gasteiger partial charge in [-0.15, -0.1) is 0 Å². The molecule has 2 aromatic carbocycles. The van der Waals surface area contributed by atoms with Crippen molar-refractivity contribution in [2.24, 2.45) is 5.11 Å². The van der Waals surface area contributed by atoms with E-state index in [2.05, 4.69) is 14.7 Å². The molecule has 1 atom stereocenters. The predicted molar refractivity (Wildman–Crippen MR) is 93.0 cm³/mol. The van der Waals surface area contributed by atoms with Crippen LogP contribution in [0.2, 0.25) is 0 Å². The number of nitrogens with zero attached hydrogens (tertiary/aromatic N) is 3. The molecule has 2 aromatic rings. The Morgan fingerprint density at radius 3 is 2.42 bits per heavy atom. The molecule has 2 N–H and O–H groups in total. The molecular formula is C16H18N4O3S. The van der Waals surface area contributed by atoms with Gasteiger partial charge in [0, 0.05) is 10.6 Å². The van der Waals surface area contributed by atoms with Gasteiger partial charge in [-0.3, -0.25) is 4.72 Å². The van der Waals surface area contributed by atoms with Gasteiger partial charge in [-0.25, -0.2) is 8.42 Å². The molecule has 8 heteroatoms. The molecule has 0 unspecified atom stereocenters. The number of hydrogen-bond acceptors (Lipinski definition) is 4. The van der Waals surface area contributed by atoms with Crippen LogP contribution < -0.4 is 4.72 Å². The van der Waals surface area contributed by atoms with Crippen LogP contribution in [-0.4, -0.2) is 25.8 Å². The predicted octanol–water partition coefficient (Wildman–Crippen LogP) is 3.01. The van der Waals surface area contributed by atoms with Crippen molar-refractivity contribution in [1.82, 2.24) is 0 Å². The second-order valence-corrected chi connectivity index (χ2v) is 7.05. The van der Waals surface area contributed by atoms with E-state index in [4.69, 9.17) is 5.53 Å². The van der Waals surface area contributed by atoms with Crippen LogP contribution in [0, 0.1) is 0 Å². The monoisotopic (exact) mass is 346 g/mol. The molecule has 0 aliphatic heterocycles. The number of benzene rings is 2. The molecule has 0 bridgehead atoms. The van der Waals surface area contributed by atoms with E-state index in [1.54, 1.807) is 24.3 Å². The van der Waals surface area contributed by atoms with Crippen molar-refractivity contribution in [1.29, 1.82) is 0 Å². The van der Waals surface area contributed by atoms with Gasteiger partial charge in [0.25, 0.3) is 0 Å². The number of rotatable bonds is 8. The lowest BCUT2D eigenvalue weighted by atomic mass is 10.1. The number of aryl methyl sites for hydroxylation is 1. The summed E-state index contributed by atoms with van der Waals surface area (Å²) in [5.41, 5.74) is 10.2. The van der Waals surface area contributed by atoms with Crippen LogP contribution in [0.3, 0.4) is 0 Å². The lowest BCUT2D eigenvalue weighted by molar-refractivity contribution is 0.187. The lowest BCUT2D eigenvalue weighted by Gasteiger charge is -2.11. The molecule has 0 aromatic heterocycles. The number of nitrogens with one attached hydrogen (secondary N) is 1. The maximum atomic E-state index is 12.1. The minimum Gasteiger partial charge on any atom is -0.388 e. The molecule has 0 heterocycles. The first-order chi connectivity index (χ1) is 11.5. The molecule has 126 valence electrons. The Bertz CT molecular complexity index is 801. The van der Waals surface area contributed by atoms with Crippen LogP contribution in [0.25, 0.3) is 10.4 Å². The summed E-state index contributed by atoms with van der Waals surface area (Å²) in [5, 5.41) is 13.1. The maximum absolute atomic E-state index is 12.1. The summed E-state index contributed by atoms with van der Waals surface area (Å²) in [6, 6.07) is 15.7. The van der Waals surface area contributed by atoms with E-state index >= 15 is 0 Å². The fourth-order valence-corrected chi connectivity index (χ4v) is 3.22. The third kappa shape index (κ3) is 5.58. The summed E-state index contributed by atoms with van der Waals surface area (Å²) >= 11 is 0. The zero-order valence-electron chi connectivity index (χ0n) is 12.9. The highest BCUT2D eigenvalue weighted by atomic mass is 32.2. The smallest absolute Gasteiger partial charge is 0.233 e. The van der Waals surface area contributed by atoms with Crippen LogP contribution in [-0.2, 0) is 16.4 Å². The number of azide groups is 1. The summed E-state index contributed by atoms with van der Waals surface area (Å²) in [4.78, 5) is 2.59. The Labute approximate surface area is 140 Å². The molecule has 7 nitrogen and oxygen atoms in total. The summed E-state index contributed by atoms with van der Waals surface area (Å²) in [5.74, 6) is -0.0156. The Hall–Kier alpha value is -2.54. The Morgan fingerprint density at radius 1 is 1.12 bits per heavy atom. The van der Waals surface area contributed by atoms with Crippen LogP contribution in [0.1, 0.15) is 17.2 Å². The second-order valence-electron chi connectivity index (χ2n) is 5.21. The van der Waals surface area contributed by atoms with Gasteiger partial charge < -0.3 is 5.11 Å². The number of aliphatic hydroxyl groups excluding tert-OH is 1. The fraction of sp³-hybridized carbons (Fsp3) is 0.250. The number of hydrogen-bond donors (Lipinski definition) is 2. The van der Waals surface area contributed by atoms with Gasteiger partial charge >= 0.3 is 0 Å². The van der Waals surface area contributed by atoms with Gasteiger partial charge in [0.05, 0.1) is 18.4 Å².